The third kappa shape index (κ3) is 2.59. The summed E-state index contributed by atoms with van der Waals surface area (Å²) in [6.07, 6.45) is 1.97. The quantitative estimate of drug-likeness (QED) is 0.848. The van der Waals surface area contributed by atoms with Crippen LogP contribution >= 0.6 is 0 Å². The molecule has 0 spiro atoms. The molecule has 0 saturated heterocycles. The molecule has 3 N–H and O–H groups in total. The molecular formula is C14H20N4. The summed E-state index contributed by atoms with van der Waals surface area (Å²) in [4.78, 5) is 0. The van der Waals surface area contributed by atoms with Crippen LogP contribution in [0.1, 0.15) is 25.5 Å². The minimum absolute atomic E-state index is 0.357. The lowest BCUT2D eigenvalue weighted by molar-refractivity contribution is 0.639. The number of benzene rings is 1. The minimum atomic E-state index is 0.357. The summed E-state index contributed by atoms with van der Waals surface area (Å²) >= 11 is 0. The van der Waals surface area contributed by atoms with Crippen LogP contribution in [0.3, 0.4) is 0 Å². The van der Waals surface area contributed by atoms with E-state index in [9.17, 15) is 0 Å². The van der Waals surface area contributed by atoms with Gasteiger partial charge in [0.2, 0.25) is 0 Å². The van der Waals surface area contributed by atoms with Crippen molar-refractivity contribution in [3.8, 4) is 0 Å². The summed E-state index contributed by atoms with van der Waals surface area (Å²) in [5.74, 6) is 0.858. The predicted octanol–water partition coefficient (Wildman–Crippen LogP) is 2.48. The van der Waals surface area contributed by atoms with Gasteiger partial charge in [-0.15, -0.1) is 5.10 Å². The molecule has 0 saturated carbocycles. The molecule has 1 atom stereocenters. The molecular weight excluding hydrogens is 224 g/mol. The van der Waals surface area contributed by atoms with Gasteiger partial charge in [-0.3, -0.25) is 0 Å². The van der Waals surface area contributed by atoms with Crippen molar-refractivity contribution in [2.75, 3.05) is 11.9 Å². The van der Waals surface area contributed by atoms with Crippen molar-refractivity contribution in [2.24, 2.45) is 5.73 Å². The lowest BCUT2D eigenvalue weighted by Crippen LogP contribution is -2.23. The van der Waals surface area contributed by atoms with E-state index in [4.69, 9.17) is 5.73 Å². The largest absolute Gasteiger partial charge is 0.365 e. The highest BCUT2D eigenvalue weighted by molar-refractivity contribution is 5.92. The second kappa shape index (κ2) is 5.78. The number of nitrogens with zero attached hydrogens (tertiary/aromatic N) is 2. The molecule has 18 heavy (non-hydrogen) atoms. The number of aryl methyl sites for hydroxylation is 1. The van der Waals surface area contributed by atoms with Gasteiger partial charge in [0.25, 0.3) is 0 Å². The summed E-state index contributed by atoms with van der Waals surface area (Å²) in [7, 11) is 0. The second-order valence-electron chi connectivity index (χ2n) is 4.51. The highest BCUT2D eigenvalue weighted by Gasteiger charge is 2.10. The zero-order valence-corrected chi connectivity index (χ0v) is 11.0. The third-order valence-electron chi connectivity index (χ3n) is 3.22. The van der Waals surface area contributed by atoms with E-state index in [1.807, 2.05) is 19.1 Å². The molecule has 0 radical (unpaired) electrons. The second-order valence-corrected chi connectivity index (χ2v) is 4.51. The van der Waals surface area contributed by atoms with Gasteiger partial charge < -0.3 is 11.1 Å². The molecule has 4 nitrogen and oxygen atoms in total. The Bertz CT molecular complexity index is 524. The summed E-state index contributed by atoms with van der Waals surface area (Å²) in [5, 5.41) is 14.2. The maximum Gasteiger partial charge on any atom is 0.156 e. The lowest BCUT2D eigenvalue weighted by Gasteiger charge is -2.17. The topological polar surface area (TPSA) is 63.8 Å². The monoisotopic (exact) mass is 244 g/mol. The maximum absolute atomic E-state index is 5.62. The fourth-order valence-corrected chi connectivity index (χ4v) is 2.12. The van der Waals surface area contributed by atoms with Crippen LogP contribution < -0.4 is 11.1 Å². The van der Waals surface area contributed by atoms with E-state index >= 15 is 0 Å². The van der Waals surface area contributed by atoms with Crippen LogP contribution in [0.2, 0.25) is 0 Å². The first kappa shape index (κ1) is 12.8. The summed E-state index contributed by atoms with van der Waals surface area (Å²) < 4.78 is 0. The summed E-state index contributed by atoms with van der Waals surface area (Å²) in [5.41, 5.74) is 6.58. The van der Waals surface area contributed by atoms with Crippen LogP contribution in [-0.2, 0) is 0 Å². The number of nitrogens with two attached hydrogens (primary N) is 1. The van der Waals surface area contributed by atoms with Crippen LogP contribution in [-0.4, -0.2) is 22.8 Å². The van der Waals surface area contributed by atoms with Crippen molar-refractivity contribution < 1.29 is 0 Å². The van der Waals surface area contributed by atoms with Crippen molar-refractivity contribution in [1.82, 2.24) is 10.2 Å². The van der Waals surface area contributed by atoms with E-state index in [0.29, 0.717) is 12.6 Å². The van der Waals surface area contributed by atoms with Crippen molar-refractivity contribution in [1.29, 1.82) is 0 Å². The average molecular weight is 244 g/mol. The van der Waals surface area contributed by atoms with Crippen molar-refractivity contribution >= 4 is 16.6 Å². The Balaban J connectivity index is 2.36. The van der Waals surface area contributed by atoms with Gasteiger partial charge in [-0.2, -0.15) is 5.10 Å². The van der Waals surface area contributed by atoms with E-state index in [1.165, 1.54) is 0 Å². The van der Waals surface area contributed by atoms with Gasteiger partial charge in [-0.1, -0.05) is 31.2 Å². The zero-order valence-electron chi connectivity index (χ0n) is 11.0. The number of fused-ring (bicyclic) bond motifs is 1. The van der Waals surface area contributed by atoms with Gasteiger partial charge in [-0.05, 0) is 26.3 Å². The molecule has 1 aromatic carbocycles. The smallest absolute Gasteiger partial charge is 0.156 e. The van der Waals surface area contributed by atoms with Crippen LogP contribution in [0, 0.1) is 6.92 Å². The van der Waals surface area contributed by atoms with Crippen LogP contribution in [0.25, 0.3) is 10.8 Å². The number of hydrogen-bond donors (Lipinski definition) is 2. The fourth-order valence-electron chi connectivity index (χ4n) is 2.12. The summed E-state index contributed by atoms with van der Waals surface area (Å²) in [6, 6.07) is 8.56. The Morgan fingerprint density at radius 3 is 2.61 bits per heavy atom. The highest BCUT2D eigenvalue weighted by atomic mass is 15.2. The van der Waals surface area contributed by atoms with Crippen molar-refractivity contribution in [2.45, 2.75) is 32.7 Å². The molecule has 0 fully saturated rings. The van der Waals surface area contributed by atoms with E-state index < -0.39 is 0 Å². The van der Waals surface area contributed by atoms with Crippen LogP contribution in [0.5, 0.6) is 0 Å². The highest BCUT2D eigenvalue weighted by Crippen LogP contribution is 2.23. The zero-order chi connectivity index (χ0) is 13.0. The van der Waals surface area contributed by atoms with Gasteiger partial charge >= 0.3 is 0 Å². The third-order valence-corrected chi connectivity index (χ3v) is 3.22. The van der Waals surface area contributed by atoms with E-state index in [0.717, 1.165) is 35.1 Å². The molecule has 0 aliphatic rings. The molecule has 2 aromatic rings. The van der Waals surface area contributed by atoms with Gasteiger partial charge in [0.1, 0.15) is 0 Å². The van der Waals surface area contributed by atoms with Gasteiger partial charge in [0.05, 0.1) is 5.69 Å². The first-order valence-corrected chi connectivity index (χ1v) is 6.45. The fraction of sp³-hybridized carbons (Fsp3) is 0.429. The van der Waals surface area contributed by atoms with Gasteiger partial charge in [-0.25, -0.2) is 0 Å². The van der Waals surface area contributed by atoms with E-state index in [2.05, 4.69) is 34.6 Å². The molecule has 0 bridgehead atoms. The van der Waals surface area contributed by atoms with E-state index in [-0.39, 0.29) is 0 Å². The van der Waals surface area contributed by atoms with Gasteiger partial charge in [0.15, 0.2) is 5.82 Å². The Morgan fingerprint density at radius 1 is 1.22 bits per heavy atom. The Kier molecular flexibility index (Phi) is 4.10. The Labute approximate surface area is 108 Å². The number of nitrogens with one attached hydrogen (secondary N) is 1. The first-order valence-electron chi connectivity index (χ1n) is 6.45. The first-order chi connectivity index (χ1) is 8.76. The SMILES string of the molecule is CCC(CCN)Nc1nnc(C)c2ccccc12. The Hall–Kier alpha value is -1.68. The lowest BCUT2D eigenvalue weighted by atomic mass is 10.1. The molecule has 1 aromatic heterocycles. The molecule has 0 aliphatic carbocycles. The average Bonchev–Trinajstić information content (AvgIpc) is 2.41. The molecule has 4 heteroatoms. The molecule has 1 unspecified atom stereocenters. The number of aromatic nitrogens is 2. The molecule has 2 rings (SSSR count). The molecule has 96 valence electrons. The normalized spacial score (nSPS) is 12.6. The minimum Gasteiger partial charge on any atom is -0.365 e. The van der Waals surface area contributed by atoms with Gasteiger partial charge in [0, 0.05) is 16.8 Å². The molecule has 1 heterocycles. The predicted molar refractivity (Wildman–Crippen MR) is 75.6 cm³/mol. The number of hydrogen-bond acceptors (Lipinski definition) is 4. The van der Waals surface area contributed by atoms with Crippen LogP contribution in [0.15, 0.2) is 24.3 Å². The van der Waals surface area contributed by atoms with E-state index in [1.54, 1.807) is 0 Å². The standard InChI is InChI=1S/C14H20N4/c1-3-11(8-9-15)16-14-13-7-5-4-6-12(13)10(2)17-18-14/h4-7,11H,3,8-9,15H2,1-2H3,(H,16,18). The number of rotatable bonds is 5. The maximum atomic E-state index is 5.62. The van der Waals surface area contributed by atoms with Crippen molar-refractivity contribution in [3.63, 3.8) is 0 Å². The van der Waals surface area contributed by atoms with Crippen molar-refractivity contribution in [3.05, 3.63) is 30.0 Å². The summed E-state index contributed by atoms with van der Waals surface area (Å²) in [6.45, 7) is 4.82. The van der Waals surface area contributed by atoms with Crippen LogP contribution in [0.4, 0.5) is 5.82 Å². The number of anilines is 1. The molecule has 0 amide bonds. The Morgan fingerprint density at radius 2 is 1.94 bits per heavy atom. The molecule has 0 aliphatic heterocycles.